The van der Waals surface area contributed by atoms with Crippen LogP contribution in [0.5, 0.6) is 0 Å². The molecular formula is C16H23BrO2S. The van der Waals surface area contributed by atoms with Crippen molar-refractivity contribution in [1.82, 2.24) is 0 Å². The van der Waals surface area contributed by atoms with Gasteiger partial charge in [-0.15, -0.1) is 0 Å². The molecule has 0 heterocycles. The van der Waals surface area contributed by atoms with Crippen molar-refractivity contribution in [3.05, 3.63) is 36.5 Å². The molecule has 0 saturated heterocycles. The van der Waals surface area contributed by atoms with Crippen molar-refractivity contribution in [3.63, 3.8) is 0 Å². The number of hydrogen-bond acceptors (Lipinski definition) is 2. The summed E-state index contributed by atoms with van der Waals surface area (Å²) in [5, 5.41) is 0.705. The Morgan fingerprint density at radius 1 is 1.25 bits per heavy atom. The zero-order valence-corrected chi connectivity index (χ0v) is 14.2. The molecule has 0 bridgehead atoms. The van der Waals surface area contributed by atoms with Crippen molar-refractivity contribution in [1.29, 1.82) is 0 Å². The van der Waals surface area contributed by atoms with E-state index in [-0.39, 0.29) is 5.75 Å². The molecule has 0 aromatic rings. The van der Waals surface area contributed by atoms with Crippen LogP contribution in [0.4, 0.5) is 0 Å². The van der Waals surface area contributed by atoms with Gasteiger partial charge in [-0.1, -0.05) is 65.2 Å². The van der Waals surface area contributed by atoms with Crippen molar-refractivity contribution in [2.24, 2.45) is 5.92 Å². The molecule has 0 spiro atoms. The highest BCUT2D eigenvalue weighted by atomic mass is 79.9. The van der Waals surface area contributed by atoms with E-state index in [4.69, 9.17) is 0 Å². The first-order chi connectivity index (χ1) is 9.60. The molecule has 4 heteroatoms. The second kappa shape index (κ2) is 7.08. The summed E-state index contributed by atoms with van der Waals surface area (Å²) < 4.78 is 24.7. The maximum atomic E-state index is 12.7. The Kier molecular flexibility index (Phi) is 5.67. The molecule has 2 nitrogen and oxygen atoms in total. The van der Waals surface area contributed by atoms with Crippen LogP contribution < -0.4 is 0 Å². The fraction of sp³-hybridized carbons (Fsp3) is 0.625. The van der Waals surface area contributed by atoms with E-state index in [1.165, 1.54) is 25.7 Å². The Bertz CT molecular complexity index is 499. The van der Waals surface area contributed by atoms with Crippen molar-refractivity contribution in [3.8, 4) is 0 Å². The third-order valence-electron chi connectivity index (χ3n) is 4.37. The fourth-order valence-corrected chi connectivity index (χ4v) is 5.78. The highest BCUT2D eigenvalue weighted by Crippen LogP contribution is 2.33. The lowest BCUT2D eigenvalue weighted by atomic mass is 9.97. The Morgan fingerprint density at radius 3 is 2.60 bits per heavy atom. The van der Waals surface area contributed by atoms with E-state index < -0.39 is 14.6 Å². The van der Waals surface area contributed by atoms with Gasteiger partial charge >= 0.3 is 0 Å². The molecule has 1 saturated carbocycles. The van der Waals surface area contributed by atoms with E-state index in [2.05, 4.69) is 22.0 Å². The molecule has 0 N–H and O–H groups in total. The van der Waals surface area contributed by atoms with Crippen molar-refractivity contribution in [2.45, 2.75) is 43.3 Å². The minimum absolute atomic E-state index is 0.161. The van der Waals surface area contributed by atoms with Crippen LogP contribution in [0, 0.1) is 5.92 Å². The molecule has 1 unspecified atom stereocenters. The third-order valence-corrected chi connectivity index (χ3v) is 7.14. The quantitative estimate of drug-likeness (QED) is 0.526. The molecule has 2 aliphatic rings. The average Bonchev–Trinajstić information content (AvgIpc) is 2.93. The molecule has 2 rings (SSSR count). The first-order valence-corrected chi connectivity index (χ1v) is 10.2. The van der Waals surface area contributed by atoms with Crippen LogP contribution in [-0.2, 0) is 9.84 Å². The molecule has 0 aromatic heterocycles. The van der Waals surface area contributed by atoms with Crippen LogP contribution in [0.15, 0.2) is 36.5 Å². The highest BCUT2D eigenvalue weighted by Gasteiger charge is 2.39. The molecule has 1 atom stereocenters. The topological polar surface area (TPSA) is 34.1 Å². The van der Waals surface area contributed by atoms with Crippen LogP contribution in [0.25, 0.3) is 0 Å². The van der Waals surface area contributed by atoms with Gasteiger partial charge in [-0.3, -0.25) is 0 Å². The first kappa shape index (κ1) is 16.0. The first-order valence-electron chi connectivity index (χ1n) is 7.39. The number of sulfone groups is 1. The Hall–Kier alpha value is -0.350. The van der Waals surface area contributed by atoms with Gasteiger partial charge in [-0.25, -0.2) is 8.42 Å². The maximum Gasteiger partial charge on any atom is 0.163 e. The molecule has 0 aliphatic heterocycles. The molecule has 0 aromatic carbocycles. The van der Waals surface area contributed by atoms with E-state index in [9.17, 15) is 8.42 Å². The van der Waals surface area contributed by atoms with E-state index in [0.717, 1.165) is 0 Å². The summed E-state index contributed by atoms with van der Waals surface area (Å²) in [6.45, 7) is 0. The molecule has 0 amide bonds. The van der Waals surface area contributed by atoms with Crippen LogP contribution in [-0.4, -0.2) is 24.2 Å². The standard InChI is InChI=1S/C16H23BrO2S/c17-13-12-16(10-4-1-5-11-16)20(18,19)14-6-9-15-7-2-3-8-15/h1,4-6,9-10,15H,2-3,7-8,11-14H2. The normalized spacial score (nSPS) is 27.6. The zero-order chi connectivity index (χ0) is 14.5. The summed E-state index contributed by atoms with van der Waals surface area (Å²) in [6.07, 6.45) is 17.8. The summed E-state index contributed by atoms with van der Waals surface area (Å²) in [4.78, 5) is 0. The lowest BCUT2D eigenvalue weighted by Crippen LogP contribution is -2.39. The Labute approximate surface area is 131 Å². The number of allylic oxidation sites excluding steroid dienone is 4. The van der Waals surface area contributed by atoms with Gasteiger partial charge in [0, 0.05) is 5.33 Å². The average molecular weight is 359 g/mol. The molecule has 20 heavy (non-hydrogen) atoms. The van der Waals surface area contributed by atoms with Gasteiger partial charge in [0.2, 0.25) is 0 Å². The third kappa shape index (κ3) is 3.64. The van der Waals surface area contributed by atoms with E-state index in [1.54, 1.807) is 0 Å². The Balaban J connectivity index is 2.06. The predicted molar refractivity (Wildman–Crippen MR) is 88.9 cm³/mol. The van der Waals surface area contributed by atoms with Gasteiger partial charge in [0.25, 0.3) is 0 Å². The lowest BCUT2D eigenvalue weighted by molar-refractivity contribution is 0.547. The molecule has 0 radical (unpaired) electrons. The number of alkyl halides is 1. The maximum absolute atomic E-state index is 12.7. The highest BCUT2D eigenvalue weighted by molar-refractivity contribution is 9.09. The summed E-state index contributed by atoms with van der Waals surface area (Å²) >= 11 is 3.39. The van der Waals surface area contributed by atoms with Crippen molar-refractivity contribution < 1.29 is 8.42 Å². The van der Waals surface area contributed by atoms with E-state index in [1.807, 2.05) is 30.4 Å². The Morgan fingerprint density at radius 2 is 2.00 bits per heavy atom. The predicted octanol–water partition coefficient (Wildman–Crippen LogP) is 4.19. The van der Waals surface area contributed by atoms with E-state index in [0.29, 0.717) is 24.1 Å². The van der Waals surface area contributed by atoms with Crippen LogP contribution >= 0.6 is 15.9 Å². The summed E-state index contributed by atoms with van der Waals surface area (Å²) in [5.41, 5.74) is 0. The van der Waals surface area contributed by atoms with Gasteiger partial charge in [-0.05, 0) is 31.6 Å². The van der Waals surface area contributed by atoms with Crippen LogP contribution in [0.3, 0.4) is 0 Å². The summed E-state index contributed by atoms with van der Waals surface area (Å²) in [7, 11) is -3.15. The molecular weight excluding hydrogens is 336 g/mol. The molecule has 2 aliphatic carbocycles. The SMILES string of the molecule is O=S(=O)(CC=CC1CCCC1)C1(CCBr)C=CC=CC1. The molecule has 1 fully saturated rings. The zero-order valence-electron chi connectivity index (χ0n) is 11.8. The number of rotatable bonds is 6. The van der Waals surface area contributed by atoms with Gasteiger partial charge in [0.1, 0.15) is 0 Å². The molecule has 112 valence electrons. The minimum atomic E-state index is -3.15. The van der Waals surface area contributed by atoms with Crippen molar-refractivity contribution in [2.75, 3.05) is 11.1 Å². The lowest BCUT2D eigenvalue weighted by Gasteiger charge is -2.30. The second-order valence-corrected chi connectivity index (χ2v) is 8.92. The fourth-order valence-electron chi connectivity index (χ4n) is 3.07. The van der Waals surface area contributed by atoms with Gasteiger partial charge in [-0.2, -0.15) is 0 Å². The van der Waals surface area contributed by atoms with Gasteiger partial charge < -0.3 is 0 Å². The smallest absolute Gasteiger partial charge is 0.163 e. The van der Waals surface area contributed by atoms with Crippen LogP contribution in [0.1, 0.15) is 38.5 Å². The van der Waals surface area contributed by atoms with E-state index >= 15 is 0 Å². The van der Waals surface area contributed by atoms with Crippen molar-refractivity contribution >= 4 is 25.8 Å². The summed E-state index contributed by atoms with van der Waals surface area (Å²) in [5.74, 6) is 0.758. The largest absolute Gasteiger partial charge is 0.228 e. The monoisotopic (exact) mass is 358 g/mol. The summed E-state index contributed by atoms with van der Waals surface area (Å²) in [6, 6.07) is 0. The minimum Gasteiger partial charge on any atom is -0.228 e. The second-order valence-electron chi connectivity index (χ2n) is 5.75. The van der Waals surface area contributed by atoms with Crippen LogP contribution in [0.2, 0.25) is 0 Å². The number of halogens is 1. The number of hydrogen-bond donors (Lipinski definition) is 0. The van der Waals surface area contributed by atoms with Gasteiger partial charge in [0.15, 0.2) is 9.84 Å². The van der Waals surface area contributed by atoms with Gasteiger partial charge in [0.05, 0.1) is 10.5 Å².